The Balaban J connectivity index is 1.62. The second-order valence-electron chi connectivity index (χ2n) is 9.09. The van der Waals surface area contributed by atoms with Gasteiger partial charge in [-0.25, -0.2) is 4.98 Å². The third kappa shape index (κ3) is 4.78. The van der Waals surface area contributed by atoms with E-state index < -0.39 is 0 Å². The van der Waals surface area contributed by atoms with Crippen molar-refractivity contribution in [2.45, 2.75) is 53.2 Å². The normalized spacial score (nSPS) is 16.6. The van der Waals surface area contributed by atoms with Crippen molar-refractivity contribution in [1.29, 1.82) is 0 Å². The quantitative estimate of drug-likeness (QED) is 0.671. The predicted octanol–water partition coefficient (Wildman–Crippen LogP) is 3.08. The fourth-order valence-electron chi connectivity index (χ4n) is 4.38. The first-order chi connectivity index (χ1) is 16.3. The predicted molar refractivity (Wildman–Crippen MR) is 131 cm³/mol. The van der Waals surface area contributed by atoms with Gasteiger partial charge in [0.05, 0.1) is 13.2 Å². The van der Waals surface area contributed by atoms with Gasteiger partial charge in [-0.05, 0) is 45.4 Å². The summed E-state index contributed by atoms with van der Waals surface area (Å²) in [7, 11) is 0. The molecule has 0 saturated carbocycles. The number of rotatable bonds is 7. The standard InChI is InChI=1S/C25H34N6O3/c1-6-34-20-9-7-19(8-10-20)17(4)26-23-21-15-31(16(2)3)24(33)22(21)27-25(28-23)30-13-11-29(12-14-30)18(5)32/h7-10,16-17H,6,11-15H2,1-5H3,(H,26,27,28)/t17-/m1/s1. The van der Waals surface area contributed by atoms with Gasteiger partial charge >= 0.3 is 0 Å². The van der Waals surface area contributed by atoms with E-state index in [1.807, 2.05) is 54.8 Å². The SMILES string of the molecule is CCOc1ccc([C@@H](C)Nc2nc(N3CCN(C(C)=O)CC3)nc3c2CN(C(C)C)C3=O)cc1. The Morgan fingerprint density at radius 3 is 2.35 bits per heavy atom. The van der Waals surface area contributed by atoms with Crippen molar-refractivity contribution >= 4 is 23.6 Å². The van der Waals surface area contributed by atoms with Crippen molar-refractivity contribution in [3.05, 3.63) is 41.1 Å². The van der Waals surface area contributed by atoms with Gasteiger partial charge in [-0.1, -0.05) is 12.1 Å². The fourth-order valence-corrected chi connectivity index (χ4v) is 4.38. The third-order valence-electron chi connectivity index (χ3n) is 6.46. The minimum Gasteiger partial charge on any atom is -0.494 e. The van der Waals surface area contributed by atoms with Crippen molar-refractivity contribution in [2.75, 3.05) is 43.0 Å². The number of nitrogens with one attached hydrogen (secondary N) is 1. The summed E-state index contributed by atoms with van der Waals surface area (Å²) in [6.07, 6.45) is 0. The van der Waals surface area contributed by atoms with Crippen molar-refractivity contribution in [3.8, 4) is 5.75 Å². The first kappa shape index (κ1) is 23.8. The lowest BCUT2D eigenvalue weighted by molar-refractivity contribution is -0.129. The van der Waals surface area contributed by atoms with Crippen LogP contribution in [0.3, 0.4) is 0 Å². The molecule has 2 aromatic rings. The summed E-state index contributed by atoms with van der Waals surface area (Å²) >= 11 is 0. The molecule has 2 amide bonds. The van der Waals surface area contributed by atoms with Crippen LogP contribution in [0.5, 0.6) is 5.75 Å². The number of ether oxygens (including phenoxy) is 1. The molecule has 4 rings (SSSR count). The molecule has 9 nitrogen and oxygen atoms in total. The van der Waals surface area contributed by atoms with Gasteiger partial charge in [0, 0.05) is 50.7 Å². The molecule has 1 atom stereocenters. The summed E-state index contributed by atoms with van der Waals surface area (Å²) in [5, 5.41) is 3.53. The molecule has 2 aliphatic heterocycles. The maximum absolute atomic E-state index is 13.1. The zero-order valence-electron chi connectivity index (χ0n) is 20.7. The Morgan fingerprint density at radius 2 is 1.76 bits per heavy atom. The molecule has 0 radical (unpaired) electrons. The number of anilines is 2. The van der Waals surface area contributed by atoms with Crippen molar-refractivity contribution in [2.24, 2.45) is 0 Å². The molecular formula is C25H34N6O3. The number of carbonyl (C=O) groups excluding carboxylic acids is 2. The zero-order valence-corrected chi connectivity index (χ0v) is 20.7. The molecule has 0 aliphatic carbocycles. The number of nitrogens with zero attached hydrogens (tertiary/aromatic N) is 5. The van der Waals surface area contributed by atoms with E-state index in [4.69, 9.17) is 14.7 Å². The van der Waals surface area contributed by atoms with Crippen molar-refractivity contribution in [3.63, 3.8) is 0 Å². The van der Waals surface area contributed by atoms with Crippen LogP contribution in [0, 0.1) is 0 Å². The van der Waals surface area contributed by atoms with Crippen LogP contribution in [0.4, 0.5) is 11.8 Å². The van der Waals surface area contributed by atoms with Crippen LogP contribution in [0.15, 0.2) is 24.3 Å². The van der Waals surface area contributed by atoms with Crippen LogP contribution in [-0.2, 0) is 11.3 Å². The zero-order chi connectivity index (χ0) is 24.4. The molecule has 2 aliphatic rings. The fraction of sp³-hybridized carbons (Fsp3) is 0.520. The van der Waals surface area contributed by atoms with Crippen molar-refractivity contribution < 1.29 is 14.3 Å². The summed E-state index contributed by atoms with van der Waals surface area (Å²) < 4.78 is 5.56. The smallest absolute Gasteiger partial charge is 0.273 e. The van der Waals surface area contributed by atoms with Crippen molar-refractivity contribution in [1.82, 2.24) is 19.8 Å². The Kier molecular flexibility index (Phi) is 6.90. The van der Waals surface area contributed by atoms with Gasteiger partial charge < -0.3 is 24.8 Å². The molecule has 1 aromatic heterocycles. The molecule has 1 saturated heterocycles. The Morgan fingerprint density at radius 1 is 1.09 bits per heavy atom. The number of hydrogen-bond acceptors (Lipinski definition) is 7. The lowest BCUT2D eigenvalue weighted by atomic mass is 10.1. The number of hydrogen-bond donors (Lipinski definition) is 1. The number of carbonyl (C=O) groups is 2. The minimum atomic E-state index is -0.0622. The molecule has 34 heavy (non-hydrogen) atoms. The van der Waals surface area contributed by atoms with Gasteiger partial charge in [-0.15, -0.1) is 0 Å². The summed E-state index contributed by atoms with van der Waals surface area (Å²) in [6, 6.07) is 8.05. The Bertz CT molecular complexity index is 1050. The van der Waals surface area contributed by atoms with Gasteiger partial charge in [0.2, 0.25) is 11.9 Å². The van der Waals surface area contributed by atoms with Crippen LogP contribution >= 0.6 is 0 Å². The summed E-state index contributed by atoms with van der Waals surface area (Å²) in [5.41, 5.74) is 2.40. The lowest BCUT2D eigenvalue weighted by Crippen LogP contribution is -2.48. The average molecular weight is 467 g/mol. The number of piperazine rings is 1. The summed E-state index contributed by atoms with van der Waals surface area (Å²) in [4.78, 5) is 40.1. The number of amides is 2. The van der Waals surface area contributed by atoms with Crippen LogP contribution in [0.1, 0.15) is 62.3 Å². The van der Waals surface area contributed by atoms with E-state index >= 15 is 0 Å². The largest absolute Gasteiger partial charge is 0.494 e. The maximum Gasteiger partial charge on any atom is 0.273 e. The van der Waals surface area contributed by atoms with Gasteiger partial charge in [0.15, 0.2) is 0 Å². The molecule has 0 spiro atoms. The average Bonchev–Trinajstić information content (AvgIpc) is 3.17. The highest BCUT2D eigenvalue weighted by atomic mass is 16.5. The minimum absolute atomic E-state index is 0.0275. The van der Waals surface area contributed by atoms with E-state index in [2.05, 4.69) is 17.1 Å². The number of fused-ring (bicyclic) bond motifs is 1. The molecule has 182 valence electrons. The van der Waals surface area contributed by atoms with Crippen LogP contribution in [0.2, 0.25) is 0 Å². The van der Waals surface area contributed by atoms with Gasteiger partial charge in [0.1, 0.15) is 17.3 Å². The highest BCUT2D eigenvalue weighted by Gasteiger charge is 2.35. The summed E-state index contributed by atoms with van der Waals surface area (Å²) in [5.74, 6) is 2.07. The van der Waals surface area contributed by atoms with E-state index in [-0.39, 0.29) is 23.9 Å². The van der Waals surface area contributed by atoms with E-state index in [1.54, 1.807) is 6.92 Å². The second-order valence-corrected chi connectivity index (χ2v) is 9.09. The topological polar surface area (TPSA) is 90.9 Å². The monoisotopic (exact) mass is 466 g/mol. The molecule has 3 heterocycles. The summed E-state index contributed by atoms with van der Waals surface area (Å²) in [6.45, 7) is 13.3. The first-order valence-corrected chi connectivity index (χ1v) is 12.0. The molecule has 0 unspecified atom stereocenters. The molecule has 1 N–H and O–H groups in total. The second kappa shape index (κ2) is 9.87. The molecule has 0 bridgehead atoms. The van der Waals surface area contributed by atoms with E-state index in [0.717, 1.165) is 16.9 Å². The highest BCUT2D eigenvalue weighted by molar-refractivity contribution is 5.98. The molecule has 9 heteroatoms. The van der Waals surface area contributed by atoms with Crippen LogP contribution in [0.25, 0.3) is 0 Å². The maximum atomic E-state index is 13.1. The third-order valence-corrected chi connectivity index (χ3v) is 6.46. The Labute approximate surface area is 201 Å². The van der Waals surface area contributed by atoms with E-state index in [0.29, 0.717) is 56.8 Å². The van der Waals surface area contributed by atoms with Crippen LogP contribution in [-0.4, -0.2) is 70.4 Å². The van der Waals surface area contributed by atoms with E-state index in [1.165, 1.54) is 0 Å². The molecule has 1 aromatic carbocycles. The molecule has 1 fully saturated rings. The van der Waals surface area contributed by atoms with Gasteiger partial charge in [-0.3, -0.25) is 9.59 Å². The Hall–Kier alpha value is -3.36. The lowest BCUT2D eigenvalue weighted by Gasteiger charge is -2.34. The van der Waals surface area contributed by atoms with E-state index in [9.17, 15) is 9.59 Å². The van der Waals surface area contributed by atoms with Gasteiger partial charge in [-0.2, -0.15) is 4.98 Å². The van der Waals surface area contributed by atoms with Gasteiger partial charge in [0.25, 0.3) is 5.91 Å². The first-order valence-electron chi connectivity index (χ1n) is 12.0. The highest BCUT2D eigenvalue weighted by Crippen LogP contribution is 2.32. The molecular weight excluding hydrogens is 432 g/mol. The van der Waals surface area contributed by atoms with Crippen LogP contribution < -0.4 is 15.0 Å². The number of benzene rings is 1. The number of aromatic nitrogens is 2.